The highest BCUT2D eigenvalue weighted by atomic mass is 16.6. The molecule has 0 aromatic rings. The van der Waals surface area contributed by atoms with Crippen LogP contribution in [-0.2, 0) is 19.1 Å². The molecule has 130 valence electrons. The smallest absolute Gasteiger partial charge is 0.408 e. The van der Waals surface area contributed by atoms with Gasteiger partial charge in [-0.25, -0.2) is 9.59 Å². The Kier molecular flexibility index (Phi) is 5.94. The maximum atomic E-state index is 11.7. The number of nitrogens with zero attached hydrogens (tertiary/aromatic N) is 1. The Morgan fingerprint density at radius 1 is 1.43 bits per heavy atom. The molecule has 9 nitrogen and oxygen atoms in total. The molecule has 0 aliphatic carbocycles. The van der Waals surface area contributed by atoms with Crippen LogP contribution in [0.1, 0.15) is 33.6 Å². The molecule has 1 fully saturated rings. The van der Waals surface area contributed by atoms with Gasteiger partial charge >= 0.3 is 12.1 Å². The summed E-state index contributed by atoms with van der Waals surface area (Å²) >= 11 is 0. The summed E-state index contributed by atoms with van der Waals surface area (Å²) in [7, 11) is 0. The summed E-state index contributed by atoms with van der Waals surface area (Å²) in [5.74, 6) is -2.59. The molecule has 0 bridgehead atoms. The van der Waals surface area contributed by atoms with E-state index in [1.54, 1.807) is 20.8 Å². The van der Waals surface area contributed by atoms with Gasteiger partial charge in [0.05, 0.1) is 5.92 Å². The highest BCUT2D eigenvalue weighted by Gasteiger charge is 2.34. The van der Waals surface area contributed by atoms with Crippen molar-refractivity contribution in [3.63, 3.8) is 0 Å². The lowest BCUT2D eigenvalue weighted by Gasteiger charge is -2.23. The Bertz CT molecular complexity index is 499. The normalized spacial score (nSPS) is 19.3. The van der Waals surface area contributed by atoms with Crippen LogP contribution < -0.4 is 11.1 Å². The molecule has 1 aliphatic rings. The monoisotopic (exact) mass is 329 g/mol. The van der Waals surface area contributed by atoms with Crippen molar-refractivity contribution >= 4 is 23.9 Å². The largest absolute Gasteiger partial charge is 0.480 e. The van der Waals surface area contributed by atoms with Crippen LogP contribution in [0.25, 0.3) is 0 Å². The molecule has 3 amide bonds. The molecule has 4 N–H and O–H groups in total. The molecule has 0 spiro atoms. The van der Waals surface area contributed by atoms with Crippen molar-refractivity contribution < 1.29 is 29.0 Å². The van der Waals surface area contributed by atoms with E-state index in [-0.39, 0.29) is 31.8 Å². The number of primary amides is 1. The number of likely N-dealkylation sites (tertiary alicyclic amines) is 1. The third kappa shape index (κ3) is 6.13. The number of rotatable bonds is 6. The fourth-order valence-corrected chi connectivity index (χ4v) is 2.17. The van der Waals surface area contributed by atoms with Gasteiger partial charge in [0.2, 0.25) is 11.8 Å². The van der Waals surface area contributed by atoms with Gasteiger partial charge in [-0.1, -0.05) is 0 Å². The first kappa shape index (κ1) is 18.7. The number of aliphatic carboxylic acids is 1. The number of amides is 3. The minimum absolute atomic E-state index is 0.00575. The molecule has 2 atom stereocenters. The topological polar surface area (TPSA) is 139 Å². The van der Waals surface area contributed by atoms with Gasteiger partial charge < -0.3 is 25.8 Å². The summed E-state index contributed by atoms with van der Waals surface area (Å²) in [4.78, 5) is 47.1. The summed E-state index contributed by atoms with van der Waals surface area (Å²) in [6.07, 6.45) is -0.800. The van der Waals surface area contributed by atoms with Crippen molar-refractivity contribution in [1.82, 2.24) is 10.2 Å². The van der Waals surface area contributed by atoms with Gasteiger partial charge in [-0.3, -0.25) is 9.59 Å². The Morgan fingerprint density at radius 3 is 2.48 bits per heavy atom. The van der Waals surface area contributed by atoms with Crippen LogP contribution in [-0.4, -0.2) is 58.6 Å². The second-order valence-electron chi connectivity index (χ2n) is 6.47. The highest BCUT2D eigenvalue weighted by Crippen LogP contribution is 2.18. The lowest BCUT2D eigenvalue weighted by atomic mass is 10.1. The maximum Gasteiger partial charge on any atom is 0.408 e. The highest BCUT2D eigenvalue weighted by molar-refractivity contribution is 5.88. The quantitative estimate of drug-likeness (QED) is 0.611. The third-order valence-electron chi connectivity index (χ3n) is 3.29. The van der Waals surface area contributed by atoms with E-state index in [0.29, 0.717) is 0 Å². The summed E-state index contributed by atoms with van der Waals surface area (Å²) in [5, 5.41) is 11.4. The average Bonchev–Trinajstić information content (AvgIpc) is 2.73. The molecule has 1 aliphatic heterocycles. The number of carboxylic acid groups (broad SMARTS) is 1. The number of nitrogens with one attached hydrogen (secondary N) is 1. The summed E-state index contributed by atoms with van der Waals surface area (Å²) in [6, 6.07) is -1.19. The molecular formula is C14H23N3O6. The van der Waals surface area contributed by atoms with E-state index in [1.165, 1.54) is 4.90 Å². The second-order valence-corrected chi connectivity index (χ2v) is 6.47. The van der Waals surface area contributed by atoms with Gasteiger partial charge in [-0.2, -0.15) is 0 Å². The first-order valence-corrected chi connectivity index (χ1v) is 7.29. The van der Waals surface area contributed by atoms with Crippen molar-refractivity contribution in [2.45, 2.75) is 45.3 Å². The van der Waals surface area contributed by atoms with Gasteiger partial charge in [0.15, 0.2) is 0 Å². The minimum Gasteiger partial charge on any atom is -0.480 e. The first-order valence-electron chi connectivity index (χ1n) is 7.29. The predicted molar refractivity (Wildman–Crippen MR) is 79.3 cm³/mol. The SMILES string of the molecule is CC(C)(C)OC(=O)N[C@@H](CCN1CC(C(N)=O)CC1=O)C(=O)O. The fourth-order valence-electron chi connectivity index (χ4n) is 2.17. The number of ether oxygens (including phenoxy) is 1. The molecule has 1 saturated heterocycles. The van der Waals surface area contributed by atoms with E-state index in [4.69, 9.17) is 15.6 Å². The van der Waals surface area contributed by atoms with E-state index in [1.807, 2.05) is 0 Å². The Balaban J connectivity index is 2.54. The lowest BCUT2D eigenvalue weighted by Crippen LogP contribution is -2.45. The molecule has 0 radical (unpaired) electrons. The lowest BCUT2D eigenvalue weighted by molar-refractivity contribution is -0.140. The molecular weight excluding hydrogens is 306 g/mol. The number of hydrogen-bond acceptors (Lipinski definition) is 5. The number of alkyl carbamates (subject to hydrolysis) is 1. The van der Waals surface area contributed by atoms with Crippen LogP contribution in [0.4, 0.5) is 4.79 Å². The predicted octanol–water partition coefficient (Wildman–Crippen LogP) is -0.312. The zero-order valence-electron chi connectivity index (χ0n) is 13.5. The average molecular weight is 329 g/mol. The van der Waals surface area contributed by atoms with Gasteiger partial charge in [-0.15, -0.1) is 0 Å². The Hall–Kier alpha value is -2.32. The van der Waals surface area contributed by atoms with Crippen LogP contribution in [0.15, 0.2) is 0 Å². The van der Waals surface area contributed by atoms with Crippen molar-refractivity contribution in [2.24, 2.45) is 11.7 Å². The first-order chi connectivity index (χ1) is 10.5. The summed E-state index contributed by atoms with van der Waals surface area (Å²) < 4.78 is 5.00. The Morgan fingerprint density at radius 2 is 2.04 bits per heavy atom. The van der Waals surface area contributed by atoms with Crippen LogP contribution in [0.5, 0.6) is 0 Å². The molecule has 1 rings (SSSR count). The number of carboxylic acids is 1. The van der Waals surface area contributed by atoms with Gasteiger partial charge in [0, 0.05) is 19.5 Å². The molecule has 0 aromatic carbocycles. The molecule has 23 heavy (non-hydrogen) atoms. The zero-order valence-corrected chi connectivity index (χ0v) is 13.5. The van der Waals surface area contributed by atoms with Crippen molar-refractivity contribution in [3.8, 4) is 0 Å². The van der Waals surface area contributed by atoms with Gasteiger partial charge in [0.1, 0.15) is 11.6 Å². The standard InChI is InChI=1S/C14H23N3O6/c1-14(2,3)23-13(22)16-9(12(20)21)4-5-17-7-8(11(15)19)6-10(17)18/h8-9H,4-7H2,1-3H3,(H2,15,19)(H,16,22)(H,20,21)/t8?,9-/m0/s1. The maximum absolute atomic E-state index is 11.7. The third-order valence-corrected chi connectivity index (χ3v) is 3.29. The Labute approximate surface area is 134 Å². The number of carbonyl (C=O) groups excluding carboxylic acids is 3. The van der Waals surface area contributed by atoms with Crippen LogP contribution >= 0.6 is 0 Å². The number of nitrogens with two attached hydrogens (primary N) is 1. The number of carbonyl (C=O) groups is 4. The van der Waals surface area contributed by atoms with E-state index in [0.717, 1.165) is 0 Å². The number of hydrogen-bond donors (Lipinski definition) is 3. The van der Waals surface area contributed by atoms with Crippen LogP contribution in [0, 0.1) is 5.92 Å². The van der Waals surface area contributed by atoms with Crippen molar-refractivity contribution in [1.29, 1.82) is 0 Å². The van der Waals surface area contributed by atoms with Crippen LogP contribution in [0.2, 0.25) is 0 Å². The molecule has 0 aromatic heterocycles. The fraction of sp³-hybridized carbons (Fsp3) is 0.714. The van der Waals surface area contributed by atoms with Crippen molar-refractivity contribution in [3.05, 3.63) is 0 Å². The van der Waals surface area contributed by atoms with Gasteiger partial charge in [0.25, 0.3) is 0 Å². The van der Waals surface area contributed by atoms with E-state index >= 15 is 0 Å². The van der Waals surface area contributed by atoms with E-state index < -0.39 is 35.5 Å². The van der Waals surface area contributed by atoms with E-state index in [9.17, 15) is 19.2 Å². The van der Waals surface area contributed by atoms with Crippen molar-refractivity contribution in [2.75, 3.05) is 13.1 Å². The molecule has 0 saturated carbocycles. The second kappa shape index (κ2) is 7.30. The summed E-state index contributed by atoms with van der Waals surface area (Å²) in [5.41, 5.74) is 4.42. The van der Waals surface area contributed by atoms with E-state index in [2.05, 4.69) is 5.32 Å². The molecule has 1 heterocycles. The molecule has 9 heteroatoms. The summed E-state index contributed by atoms with van der Waals surface area (Å²) in [6.45, 7) is 5.27. The van der Waals surface area contributed by atoms with Crippen LogP contribution in [0.3, 0.4) is 0 Å². The zero-order chi connectivity index (χ0) is 17.8. The molecule has 1 unspecified atom stereocenters. The van der Waals surface area contributed by atoms with Gasteiger partial charge in [-0.05, 0) is 27.2 Å². The minimum atomic E-state index is -1.23.